The lowest BCUT2D eigenvalue weighted by atomic mass is 10.0. The number of aliphatic hydroxyl groups excluding tert-OH is 1. The molecule has 4 heterocycles. The maximum Gasteiger partial charge on any atom is 0.254 e. The van der Waals surface area contributed by atoms with Gasteiger partial charge in [-0.25, -0.2) is 19.5 Å². The lowest BCUT2D eigenvalue weighted by molar-refractivity contribution is 0.0527. The molecular weight excluding hydrogens is 629 g/mol. The molecule has 13 heteroatoms. The molecule has 0 atom stereocenters. The average Bonchev–Trinajstić information content (AvgIpc) is 3.34. The smallest absolute Gasteiger partial charge is 0.254 e. The van der Waals surface area contributed by atoms with Crippen molar-refractivity contribution >= 4 is 55.1 Å². The van der Waals surface area contributed by atoms with Gasteiger partial charge in [-0.05, 0) is 45.7 Å². The van der Waals surface area contributed by atoms with Gasteiger partial charge in [0.15, 0.2) is 0 Å². The molecule has 1 aliphatic rings. The molecule has 1 saturated carbocycles. The number of imidazole rings is 1. The van der Waals surface area contributed by atoms with E-state index in [2.05, 4.69) is 0 Å². The third kappa shape index (κ3) is 6.05. The number of carbonyl (C=O) groups is 1. The fourth-order valence-corrected chi connectivity index (χ4v) is 7.86. The van der Waals surface area contributed by atoms with Crippen LogP contribution in [0.25, 0.3) is 36.5 Å². The van der Waals surface area contributed by atoms with E-state index in [0.29, 0.717) is 23.0 Å². The van der Waals surface area contributed by atoms with E-state index in [4.69, 9.17) is 29.5 Å². The van der Waals surface area contributed by atoms with Crippen LogP contribution in [0.1, 0.15) is 60.6 Å². The van der Waals surface area contributed by atoms with Crippen LogP contribution in [0, 0.1) is 0 Å². The first-order valence-electron chi connectivity index (χ1n) is 14.7. The molecule has 4 aromatic heterocycles. The van der Waals surface area contributed by atoms with Crippen molar-refractivity contribution in [3.05, 3.63) is 64.2 Å². The van der Waals surface area contributed by atoms with Crippen LogP contribution in [0.3, 0.4) is 0 Å². The molecule has 0 spiro atoms. The third-order valence-corrected chi connectivity index (χ3v) is 10.7. The minimum Gasteiger partial charge on any atom is -0.497 e. The first-order chi connectivity index (χ1) is 21.7. The van der Waals surface area contributed by atoms with Crippen molar-refractivity contribution in [2.24, 2.45) is 0 Å². The number of fused-ring (bicyclic) bond motifs is 2. The summed E-state index contributed by atoms with van der Waals surface area (Å²) in [5.74, 6) is 1.82. The Kier molecular flexibility index (Phi) is 7.80. The van der Waals surface area contributed by atoms with Gasteiger partial charge < -0.3 is 19.5 Å². The monoisotopic (exact) mass is 660 g/mol. The van der Waals surface area contributed by atoms with Crippen molar-refractivity contribution in [2.75, 3.05) is 20.3 Å². The zero-order chi connectivity index (χ0) is 31.3. The van der Waals surface area contributed by atoms with Gasteiger partial charge in [0.1, 0.15) is 38.8 Å². The molecular formula is C32H32N6O4S3. The molecule has 232 valence electrons. The molecule has 0 bridgehead atoms. The number of carbonyl (C=O) groups excluding carboxylic acids is 1. The number of hydrogen-bond acceptors (Lipinski definition) is 11. The summed E-state index contributed by atoms with van der Waals surface area (Å²) in [4.78, 5) is 30.1. The topological polar surface area (TPSA) is 115 Å². The summed E-state index contributed by atoms with van der Waals surface area (Å²) in [6.07, 6.45) is 4.38. The molecule has 1 N–H and O–H groups in total. The average molecular weight is 661 g/mol. The Labute approximate surface area is 271 Å². The summed E-state index contributed by atoms with van der Waals surface area (Å²) in [6.45, 7) is 6.35. The van der Waals surface area contributed by atoms with Gasteiger partial charge in [-0.2, -0.15) is 5.10 Å². The number of aromatic nitrogens is 5. The van der Waals surface area contributed by atoms with E-state index in [0.717, 1.165) is 47.2 Å². The van der Waals surface area contributed by atoms with Gasteiger partial charge in [-0.3, -0.25) is 4.79 Å². The number of amides is 1. The van der Waals surface area contributed by atoms with E-state index in [1.807, 2.05) is 73.3 Å². The second-order valence-electron chi connectivity index (χ2n) is 11.9. The summed E-state index contributed by atoms with van der Waals surface area (Å²) in [5.41, 5.74) is 3.46. The molecule has 0 radical (unpaired) electrons. The predicted octanol–water partition coefficient (Wildman–Crippen LogP) is 6.89. The fourth-order valence-electron chi connectivity index (χ4n) is 5.04. The van der Waals surface area contributed by atoms with E-state index in [-0.39, 0.29) is 25.7 Å². The molecule has 2 aromatic carbocycles. The van der Waals surface area contributed by atoms with Crippen LogP contribution < -0.4 is 9.47 Å². The Balaban J connectivity index is 1.08. The van der Waals surface area contributed by atoms with Gasteiger partial charge in [0.25, 0.3) is 5.91 Å². The van der Waals surface area contributed by atoms with Crippen LogP contribution in [-0.2, 0) is 6.61 Å². The van der Waals surface area contributed by atoms with E-state index in [1.165, 1.54) is 35.5 Å². The van der Waals surface area contributed by atoms with Gasteiger partial charge in [0.05, 0.1) is 35.8 Å². The van der Waals surface area contributed by atoms with Crippen molar-refractivity contribution in [1.29, 1.82) is 0 Å². The number of aliphatic hydroxyl groups is 1. The number of ether oxygens (including phenoxy) is 2. The molecule has 7 rings (SSSR count). The largest absolute Gasteiger partial charge is 0.497 e. The maximum atomic E-state index is 13.1. The van der Waals surface area contributed by atoms with Crippen molar-refractivity contribution in [3.8, 4) is 32.8 Å². The minimum atomic E-state index is -0.398. The van der Waals surface area contributed by atoms with Crippen molar-refractivity contribution in [3.63, 3.8) is 0 Å². The maximum absolute atomic E-state index is 13.1. The van der Waals surface area contributed by atoms with Gasteiger partial charge >= 0.3 is 0 Å². The van der Waals surface area contributed by atoms with Gasteiger partial charge in [-0.15, -0.1) is 22.7 Å². The normalized spacial score (nSPS) is 13.5. The first-order valence-corrected chi connectivity index (χ1v) is 17.2. The second-order valence-corrected chi connectivity index (χ2v) is 14.8. The molecule has 45 heavy (non-hydrogen) atoms. The number of benzene rings is 2. The quantitative estimate of drug-likeness (QED) is 0.169. The van der Waals surface area contributed by atoms with Crippen LogP contribution in [0.15, 0.2) is 48.0 Å². The van der Waals surface area contributed by atoms with Gasteiger partial charge in [-0.1, -0.05) is 23.5 Å². The number of rotatable bonds is 10. The van der Waals surface area contributed by atoms with E-state index in [1.54, 1.807) is 23.3 Å². The SMILES string of the molecule is COc1cc(OCc2csc(-c3ccc(C(=O)N(CCO)C(C)(C)C)cc3)n2)c2sc(-c3cn4nc(C5CC5)sc4n3)nc2c1. The molecule has 6 aromatic rings. The lowest BCUT2D eigenvalue weighted by Gasteiger charge is -2.35. The highest BCUT2D eigenvalue weighted by molar-refractivity contribution is 7.22. The van der Waals surface area contributed by atoms with E-state index < -0.39 is 5.54 Å². The zero-order valence-electron chi connectivity index (χ0n) is 25.3. The highest BCUT2D eigenvalue weighted by Crippen LogP contribution is 2.43. The number of hydrogen-bond donors (Lipinski definition) is 1. The summed E-state index contributed by atoms with van der Waals surface area (Å²) >= 11 is 4.71. The van der Waals surface area contributed by atoms with Gasteiger partial charge in [0.2, 0.25) is 4.96 Å². The molecule has 0 saturated heterocycles. The Bertz CT molecular complexity index is 1970. The van der Waals surface area contributed by atoms with Crippen LogP contribution in [-0.4, -0.2) is 66.3 Å². The van der Waals surface area contributed by atoms with Crippen molar-refractivity contribution in [2.45, 2.75) is 51.7 Å². The van der Waals surface area contributed by atoms with Crippen molar-refractivity contribution < 1.29 is 19.4 Å². The third-order valence-electron chi connectivity index (χ3n) is 7.55. The number of methoxy groups -OCH3 is 1. The van der Waals surface area contributed by atoms with E-state index in [9.17, 15) is 9.90 Å². The molecule has 1 aliphatic carbocycles. The number of β-amino-alcohol motifs (C(OH)–C–C–N with tert-alkyl or cyclic N) is 1. The van der Waals surface area contributed by atoms with Gasteiger partial charge in [0, 0.05) is 46.6 Å². The Hall–Kier alpha value is -3.91. The molecule has 10 nitrogen and oxygen atoms in total. The lowest BCUT2D eigenvalue weighted by Crippen LogP contribution is -2.47. The van der Waals surface area contributed by atoms with Crippen LogP contribution in [0.4, 0.5) is 0 Å². The number of nitrogens with zero attached hydrogens (tertiary/aromatic N) is 6. The van der Waals surface area contributed by atoms with E-state index >= 15 is 0 Å². The molecule has 0 unspecified atom stereocenters. The summed E-state index contributed by atoms with van der Waals surface area (Å²) < 4.78 is 14.6. The summed E-state index contributed by atoms with van der Waals surface area (Å²) in [7, 11) is 1.63. The van der Waals surface area contributed by atoms with Crippen molar-refractivity contribution in [1.82, 2.24) is 29.5 Å². The second kappa shape index (κ2) is 11.8. The highest BCUT2D eigenvalue weighted by atomic mass is 32.1. The Morgan fingerprint density at radius 2 is 1.89 bits per heavy atom. The zero-order valence-corrected chi connectivity index (χ0v) is 27.8. The molecule has 1 fully saturated rings. The van der Waals surface area contributed by atoms with Crippen LogP contribution in [0.5, 0.6) is 11.5 Å². The highest BCUT2D eigenvalue weighted by Gasteiger charge is 2.29. The van der Waals surface area contributed by atoms with Crippen LogP contribution >= 0.6 is 34.0 Å². The minimum absolute atomic E-state index is 0.0848. The Morgan fingerprint density at radius 1 is 1.09 bits per heavy atom. The standard InChI is InChI=1S/C32H32N6O4S3/c1-32(2,3)37(11-12-39)30(40)20-9-7-18(8-10-20)27-33-21(17-43-27)16-42-25-14-22(41-4)13-23-26(25)44-29(34-23)24-15-38-31(35-24)45-28(36-38)19-5-6-19/h7-10,13-15,17,19,39H,5-6,11-12,16H2,1-4H3. The molecule has 0 aliphatic heterocycles. The summed E-state index contributed by atoms with van der Waals surface area (Å²) in [6, 6.07) is 11.2. The number of thiazole rings is 2. The molecule has 1 amide bonds. The fraction of sp³-hybridized carbons (Fsp3) is 0.344. The Morgan fingerprint density at radius 3 is 2.58 bits per heavy atom. The predicted molar refractivity (Wildman–Crippen MR) is 178 cm³/mol. The van der Waals surface area contributed by atoms with Crippen LogP contribution in [0.2, 0.25) is 0 Å². The summed E-state index contributed by atoms with van der Waals surface area (Å²) in [5, 5.41) is 18.9. The first kappa shape index (κ1) is 29.8.